The molecule has 0 saturated heterocycles. The van der Waals surface area contributed by atoms with Gasteiger partial charge < -0.3 is 4.74 Å². The Balaban J connectivity index is 2.06. The molecule has 0 saturated carbocycles. The molecule has 0 aromatic carbocycles. The van der Waals surface area contributed by atoms with Gasteiger partial charge in [0.15, 0.2) is 5.75 Å². The molecule has 23 heavy (non-hydrogen) atoms. The van der Waals surface area contributed by atoms with Crippen LogP contribution in [0.4, 0.5) is 0 Å². The van der Waals surface area contributed by atoms with Crippen molar-refractivity contribution in [2.45, 2.75) is 20.3 Å². The number of rotatable bonds is 4. The minimum absolute atomic E-state index is 0.385. The Morgan fingerprint density at radius 3 is 2.70 bits per heavy atom. The summed E-state index contributed by atoms with van der Waals surface area (Å²) in [6.07, 6.45) is 2.45. The first-order valence-corrected chi connectivity index (χ1v) is 7.77. The maximum Gasteiger partial charge on any atom is 0.155 e. The van der Waals surface area contributed by atoms with Gasteiger partial charge in [-0.2, -0.15) is 0 Å². The summed E-state index contributed by atoms with van der Waals surface area (Å²) in [7, 11) is 0. The van der Waals surface area contributed by atoms with Gasteiger partial charge in [0.1, 0.15) is 16.6 Å². The van der Waals surface area contributed by atoms with E-state index in [2.05, 4.69) is 21.9 Å². The second-order valence-electron chi connectivity index (χ2n) is 5.08. The van der Waals surface area contributed by atoms with E-state index in [9.17, 15) is 0 Å². The van der Waals surface area contributed by atoms with Crippen LogP contribution < -0.4 is 4.74 Å². The predicted molar refractivity (Wildman–Crippen MR) is 90.9 cm³/mol. The van der Waals surface area contributed by atoms with Gasteiger partial charge >= 0.3 is 0 Å². The molecule has 3 heterocycles. The van der Waals surface area contributed by atoms with Gasteiger partial charge in [0, 0.05) is 23.7 Å². The lowest BCUT2D eigenvalue weighted by Crippen LogP contribution is -1.97. The highest BCUT2D eigenvalue weighted by atomic mass is 35.5. The smallest absolute Gasteiger partial charge is 0.155 e. The molecule has 0 amide bonds. The van der Waals surface area contributed by atoms with Crippen LogP contribution in [0, 0.1) is 6.92 Å². The molecule has 0 unspecified atom stereocenters. The fourth-order valence-corrected chi connectivity index (χ4v) is 2.36. The average molecular weight is 326 g/mol. The van der Waals surface area contributed by atoms with Crippen LogP contribution in [-0.4, -0.2) is 15.0 Å². The standard InChI is InChI=1S/C18H16ClN3O/c1-3-13-7-8-16(23-14-9-10-20-17(19)11-14)18(22-13)15-6-4-5-12(2)21-15/h4-11H,3H2,1-2H3. The van der Waals surface area contributed by atoms with E-state index in [0.717, 1.165) is 29.2 Å². The van der Waals surface area contributed by atoms with E-state index in [-0.39, 0.29) is 0 Å². The van der Waals surface area contributed by atoms with Crippen LogP contribution in [0.1, 0.15) is 18.3 Å². The summed E-state index contributed by atoms with van der Waals surface area (Å²) in [5, 5.41) is 0.385. The molecule has 0 bridgehead atoms. The monoisotopic (exact) mass is 325 g/mol. The molecule has 3 aromatic heterocycles. The molecule has 116 valence electrons. The van der Waals surface area contributed by atoms with Crippen LogP contribution in [0.3, 0.4) is 0 Å². The molecule has 5 heteroatoms. The van der Waals surface area contributed by atoms with E-state index >= 15 is 0 Å². The number of aryl methyl sites for hydroxylation is 2. The first kappa shape index (κ1) is 15.4. The number of aromatic nitrogens is 3. The Kier molecular flexibility index (Phi) is 4.53. The lowest BCUT2D eigenvalue weighted by Gasteiger charge is -2.12. The zero-order valence-electron chi connectivity index (χ0n) is 13.0. The van der Waals surface area contributed by atoms with E-state index in [1.54, 1.807) is 18.3 Å². The molecule has 0 N–H and O–H groups in total. The molecule has 0 radical (unpaired) electrons. The van der Waals surface area contributed by atoms with Gasteiger partial charge in [-0.3, -0.25) is 4.98 Å². The van der Waals surface area contributed by atoms with Crippen molar-refractivity contribution in [3.05, 3.63) is 65.2 Å². The van der Waals surface area contributed by atoms with E-state index < -0.39 is 0 Å². The van der Waals surface area contributed by atoms with Crippen molar-refractivity contribution in [1.82, 2.24) is 15.0 Å². The Labute approximate surface area is 140 Å². The topological polar surface area (TPSA) is 47.9 Å². The summed E-state index contributed by atoms with van der Waals surface area (Å²) in [6, 6.07) is 13.1. The zero-order chi connectivity index (χ0) is 16.2. The molecule has 0 spiro atoms. The summed E-state index contributed by atoms with van der Waals surface area (Å²) in [4.78, 5) is 13.2. The van der Waals surface area contributed by atoms with Gasteiger partial charge in [0.25, 0.3) is 0 Å². The van der Waals surface area contributed by atoms with Gasteiger partial charge in [0.2, 0.25) is 0 Å². The average Bonchev–Trinajstić information content (AvgIpc) is 2.55. The SMILES string of the molecule is CCc1ccc(Oc2ccnc(Cl)c2)c(-c2cccc(C)n2)n1. The molecule has 0 atom stereocenters. The van der Waals surface area contributed by atoms with Crippen LogP contribution >= 0.6 is 11.6 Å². The maximum absolute atomic E-state index is 5.96. The molecule has 3 rings (SSSR count). The van der Waals surface area contributed by atoms with Crippen LogP contribution in [0.5, 0.6) is 11.5 Å². The molecule has 0 aliphatic carbocycles. The third-order valence-electron chi connectivity index (χ3n) is 3.33. The quantitative estimate of drug-likeness (QED) is 0.643. The first-order valence-electron chi connectivity index (χ1n) is 7.39. The summed E-state index contributed by atoms with van der Waals surface area (Å²) in [5.74, 6) is 1.26. The predicted octanol–water partition coefficient (Wildman–Crippen LogP) is 4.86. The zero-order valence-corrected chi connectivity index (χ0v) is 13.7. The van der Waals surface area contributed by atoms with Crippen LogP contribution in [0.15, 0.2) is 48.7 Å². The normalized spacial score (nSPS) is 10.6. The molecule has 4 nitrogen and oxygen atoms in total. The molecular weight excluding hydrogens is 310 g/mol. The Morgan fingerprint density at radius 2 is 1.96 bits per heavy atom. The highest BCUT2D eigenvalue weighted by molar-refractivity contribution is 6.29. The molecule has 0 fully saturated rings. The minimum Gasteiger partial charge on any atom is -0.455 e. The van der Waals surface area contributed by atoms with Crippen LogP contribution in [0.25, 0.3) is 11.4 Å². The lowest BCUT2D eigenvalue weighted by molar-refractivity contribution is 0.481. The Hall–Kier alpha value is -2.46. The first-order chi connectivity index (χ1) is 11.2. The van der Waals surface area contributed by atoms with E-state index in [1.165, 1.54) is 0 Å². The van der Waals surface area contributed by atoms with Crippen molar-refractivity contribution in [1.29, 1.82) is 0 Å². The number of nitrogens with zero attached hydrogens (tertiary/aromatic N) is 3. The van der Waals surface area contributed by atoms with Gasteiger partial charge in [-0.1, -0.05) is 24.6 Å². The van der Waals surface area contributed by atoms with E-state index in [4.69, 9.17) is 16.3 Å². The number of hydrogen-bond donors (Lipinski definition) is 0. The molecule has 0 aliphatic heterocycles. The van der Waals surface area contributed by atoms with Gasteiger partial charge in [-0.25, -0.2) is 9.97 Å². The molecular formula is C18H16ClN3O. The van der Waals surface area contributed by atoms with Crippen molar-refractivity contribution in [3.8, 4) is 22.9 Å². The number of halogens is 1. The van der Waals surface area contributed by atoms with Gasteiger partial charge in [-0.05, 0) is 43.7 Å². The van der Waals surface area contributed by atoms with Gasteiger partial charge in [-0.15, -0.1) is 0 Å². The summed E-state index contributed by atoms with van der Waals surface area (Å²) in [6.45, 7) is 4.02. The minimum atomic E-state index is 0.385. The molecule has 0 aliphatic rings. The second-order valence-corrected chi connectivity index (χ2v) is 5.47. The van der Waals surface area contributed by atoms with E-state index in [1.807, 2.05) is 37.3 Å². The highest BCUT2D eigenvalue weighted by Gasteiger charge is 2.12. The largest absolute Gasteiger partial charge is 0.455 e. The fourth-order valence-electron chi connectivity index (χ4n) is 2.20. The summed E-state index contributed by atoms with van der Waals surface area (Å²) < 4.78 is 5.96. The summed E-state index contributed by atoms with van der Waals surface area (Å²) >= 11 is 5.92. The number of ether oxygens (including phenoxy) is 1. The third-order valence-corrected chi connectivity index (χ3v) is 3.54. The Bertz CT molecular complexity index is 836. The Morgan fingerprint density at radius 1 is 1.09 bits per heavy atom. The van der Waals surface area contributed by atoms with Crippen LogP contribution in [0.2, 0.25) is 5.15 Å². The van der Waals surface area contributed by atoms with E-state index in [0.29, 0.717) is 16.7 Å². The lowest BCUT2D eigenvalue weighted by atomic mass is 10.2. The van der Waals surface area contributed by atoms with Crippen LogP contribution in [-0.2, 0) is 6.42 Å². The van der Waals surface area contributed by atoms with Crippen molar-refractivity contribution < 1.29 is 4.74 Å². The fraction of sp³-hybridized carbons (Fsp3) is 0.167. The number of pyridine rings is 3. The second kappa shape index (κ2) is 6.75. The molecule has 3 aromatic rings. The number of hydrogen-bond acceptors (Lipinski definition) is 4. The van der Waals surface area contributed by atoms with Crippen molar-refractivity contribution in [3.63, 3.8) is 0 Å². The van der Waals surface area contributed by atoms with Gasteiger partial charge in [0.05, 0.1) is 5.69 Å². The highest BCUT2D eigenvalue weighted by Crippen LogP contribution is 2.31. The maximum atomic E-state index is 5.96. The van der Waals surface area contributed by atoms with Crippen molar-refractivity contribution >= 4 is 11.6 Å². The summed E-state index contributed by atoms with van der Waals surface area (Å²) in [5.41, 5.74) is 3.43. The third kappa shape index (κ3) is 3.66. The van der Waals surface area contributed by atoms with Crippen molar-refractivity contribution in [2.75, 3.05) is 0 Å². The van der Waals surface area contributed by atoms with Crippen molar-refractivity contribution in [2.24, 2.45) is 0 Å².